The van der Waals surface area contributed by atoms with Gasteiger partial charge in [-0.15, -0.1) is 11.3 Å². The van der Waals surface area contributed by atoms with Crippen molar-refractivity contribution in [1.82, 2.24) is 0 Å². The summed E-state index contributed by atoms with van der Waals surface area (Å²) in [6.45, 7) is 4.31. The Hall–Kier alpha value is -0.0900. The molecule has 0 aliphatic rings. The minimum absolute atomic E-state index is 0.0512. The Bertz CT molecular complexity index is 315. The highest BCUT2D eigenvalue weighted by Crippen LogP contribution is 2.36. The van der Waals surface area contributed by atoms with Crippen LogP contribution in [0.25, 0.3) is 0 Å². The molecule has 0 aliphatic heterocycles. The minimum Gasteiger partial charge on any atom is -0.396 e. The number of rotatable bonds is 5. The Kier molecular flexibility index (Phi) is 4.59. The molecule has 0 saturated carbocycles. The van der Waals surface area contributed by atoms with E-state index in [-0.39, 0.29) is 18.1 Å². The molecule has 3 N–H and O–H groups in total. The molecule has 0 amide bonds. The van der Waals surface area contributed by atoms with Gasteiger partial charge in [-0.05, 0) is 29.9 Å². The lowest BCUT2D eigenvalue weighted by atomic mass is 9.74. The number of thiophene rings is 1. The van der Waals surface area contributed by atoms with Crippen LogP contribution in [0.15, 0.2) is 11.4 Å². The standard InChI is InChI=1S/C11H18ClNOS/c1-3-9(13)11(2,4-5-14)8-6-10(12)15-7-8/h6-7,9,14H,3-5,13H2,1-2H3. The number of hydrogen-bond acceptors (Lipinski definition) is 3. The molecule has 0 aliphatic carbocycles. The van der Waals surface area contributed by atoms with E-state index >= 15 is 0 Å². The molecule has 1 rings (SSSR count). The highest BCUT2D eigenvalue weighted by molar-refractivity contribution is 7.14. The van der Waals surface area contributed by atoms with Gasteiger partial charge >= 0.3 is 0 Å². The van der Waals surface area contributed by atoms with Crippen molar-refractivity contribution in [2.24, 2.45) is 5.73 Å². The topological polar surface area (TPSA) is 46.2 Å². The summed E-state index contributed by atoms with van der Waals surface area (Å²) >= 11 is 7.44. The van der Waals surface area contributed by atoms with Crippen LogP contribution in [0.3, 0.4) is 0 Å². The van der Waals surface area contributed by atoms with Crippen molar-refractivity contribution in [2.75, 3.05) is 6.61 Å². The fourth-order valence-electron chi connectivity index (χ4n) is 1.84. The molecule has 1 aromatic rings. The molecule has 0 radical (unpaired) electrons. The normalized spacial score (nSPS) is 17.4. The van der Waals surface area contributed by atoms with Gasteiger partial charge in [0.05, 0.1) is 4.34 Å². The number of halogens is 1. The van der Waals surface area contributed by atoms with E-state index in [0.29, 0.717) is 6.42 Å². The summed E-state index contributed by atoms with van der Waals surface area (Å²) in [7, 11) is 0. The van der Waals surface area contributed by atoms with Crippen LogP contribution in [0.2, 0.25) is 4.34 Å². The second-order valence-corrected chi connectivity index (χ2v) is 5.59. The van der Waals surface area contributed by atoms with E-state index in [1.54, 1.807) is 0 Å². The number of aliphatic hydroxyl groups is 1. The lowest BCUT2D eigenvalue weighted by molar-refractivity contribution is 0.223. The van der Waals surface area contributed by atoms with Gasteiger partial charge in [0.15, 0.2) is 0 Å². The van der Waals surface area contributed by atoms with Crippen molar-refractivity contribution >= 4 is 22.9 Å². The fourth-order valence-corrected chi connectivity index (χ4v) is 2.86. The van der Waals surface area contributed by atoms with Crippen LogP contribution in [-0.2, 0) is 5.41 Å². The van der Waals surface area contributed by atoms with Crippen molar-refractivity contribution in [3.8, 4) is 0 Å². The molecule has 4 heteroatoms. The first-order valence-electron chi connectivity index (χ1n) is 5.15. The molecule has 0 spiro atoms. The zero-order valence-corrected chi connectivity index (χ0v) is 10.7. The van der Waals surface area contributed by atoms with E-state index in [4.69, 9.17) is 22.4 Å². The van der Waals surface area contributed by atoms with Crippen LogP contribution < -0.4 is 5.73 Å². The smallest absolute Gasteiger partial charge is 0.0931 e. The molecule has 86 valence electrons. The van der Waals surface area contributed by atoms with Gasteiger partial charge < -0.3 is 10.8 Å². The summed E-state index contributed by atoms with van der Waals surface area (Å²) in [6.07, 6.45) is 1.57. The maximum Gasteiger partial charge on any atom is 0.0931 e. The van der Waals surface area contributed by atoms with Gasteiger partial charge in [-0.3, -0.25) is 0 Å². The van der Waals surface area contributed by atoms with Crippen LogP contribution in [0, 0.1) is 0 Å². The van der Waals surface area contributed by atoms with Gasteiger partial charge in [-0.1, -0.05) is 25.4 Å². The molecule has 0 saturated heterocycles. The van der Waals surface area contributed by atoms with Crippen LogP contribution in [0.5, 0.6) is 0 Å². The van der Waals surface area contributed by atoms with E-state index in [9.17, 15) is 0 Å². The molecular weight excluding hydrogens is 230 g/mol. The summed E-state index contributed by atoms with van der Waals surface area (Å²) in [6, 6.07) is 2.01. The number of nitrogens with two attached hydrogens (primary N) is 1. The van der Waals surface area contributed by atoms with Crippen LogP contribution in [0.4, 0.5) is 0 Å². The lowest BCUT2D eigenvalue weighted by Gasteiger charge is -2.34. The van der Waals surface area contributed by atoms with Crippen LogP contribution in [-0.4, -0.2) is 17.8 Å². The van der Waals surface area contributed by atoms with E-state index < -0.39 is 0 Å². The zero-order valence-electron chi connectivity index (χ0n) is 9.16. The van der Waals surface area contributed by atoms with Gasteiger partial charge in [0.25, 0.3) is 0 Å². The van der Waals surface area contributed by atoms with E-state index in [1.807, 2.05) is 11.4 Å². The second-order valence-electron chi connectivity index (χ2n) is 4.05. The molecule has 0 aromatic carbocycles. The SMILES string of the molecule is CCC(N)C(C)(CCO)c1csc(Cl)c1. The third kappa shape index (κ3) is 2.72. The lowest BCUT2D eigenvalue weighted by Crippen LogP contribution is -2.43. The van der Waals surface area contributed by atoms with Crippen LogP contribution in [0.1, 0.15) is 32.3 Å². The minimum atomic E-state index is -0.173. The molecule has 1 aromatic heterocycles. The first kappa shape index (κ1) is 13.0. The second kappa shape index (κ2) is 5.30. The molecule has 0 bridgehead atoms. The van der Waals surface area contributed by atoms with Gasteiger partial charge in [0.2, 0.25) is 0 Å². The van der Waals surface area contributed by atoms with Crippen molar-refractivity contribution < 1.29 is 5.11 Å². The van der Waals surface area contributed by atoms with Crippen molar-refractivity contribution in [3.63, 3.8) is 0 Å². The summed E-state index contributed by atoms with van der Waals surface area (Å²) < 4.78 is 0.775. The third-order valence-corrected chi connectivity index (χ3v) is 4.21. The molecule has 2 nitrogen and oxygen atoms in total. The average Bonchev–Trinajstić information content (AvgIpc) is 2.64. The van der Waals surface area contributed by atoms with E-state index in [0.717, 1.165) is 16.3 Å². The van der Waals surface area contributed by atoms with Crippen LogP contribution >= 0.6 is 22.9 Å². The van der Waals surface area contributed by atoms with E-state index in [1.165, 1.54) is 11.3 Å². The molecule has 1 heterocycles. The molecular formula is C11H18ClNOS. The largest absolute Gasteiger partial charge is 0.396 e. The Labute approximate surface area is 100 Å². The predicted molar refractivity (Wildman–Crippen MR) is 66.7 cm³/mol. The predicted octanol–water partition coefficient (Wildman–Crippen LogP) is 2.78. The Morgan fingerprint density at radius 3 is 2.73 bits per heavy atom. The highest BCUT2D eigenvalue weighted by atomic mass is 35.5. The number of aliphatic hydroxyl groups excluding tert-OH is 1. The maximum absolute atomic E-state index is 9.13. The molecule has 2 atom stereocenters. The van der Waals surface area contributed by atoms with Gasteiger partial charge in [-0.2, -0.15) is 0 Å². The monoisotopic (exact) mass is 247 g/mol. The summed E-state index contributed by atoms with van der Waals surface area (Å²) in [5.74, 6) is 0. The van der Waals surface area contributed by atoms with Gasteiger partial charge in [0.1, 0.15) is 0 Å². The number of hydrogen-bond donors (Lipinski definition) is 2. The summed E-state index contributed by atoms with van der Waals surface area (Å²) in [4.78, 5) is 0. The molecule has 15 heavy (non-hydrogen) atoms. The Morgan fingerprint density at radius 1 is 1.67 bits per heavy atom. The Balaban J connectivity index is 3.00. The van der Waals surface area contributed by atoms with Crippen molar-refractivity contribution in [3.05, 3.63) is 21.3 Å². The maximum atomic E-state index is 9.13. The molecule has 0 fully saturated rings. The zero-order chi connectivity index (χ0) is 11.5. The van der Waals surface area contributed by atoms with Gasteiger partial charge in [-0.25, -0.2) is 0 Å². The first-order chi connectivity index (χ1) is 7.04. The summed E-state index contributed by atoms with van der Waals surface area (Å²) in [5.41, 5.74) is 7.10. The van der Waals surface area contributed by atoms with E-state index in [2.05, 4.69) is 13.8 Å². The third-order valence-electron chi connectivity index (χ3n) is 3.12. The van der Waals surface area contributed by atoms with Crippen molar-refractivity contribution in [1.29, 1.82) is 0 Å². The van der Waals surface area contributed by atoms with Gasteiger partial charge in [0, 0.05) is 18.1 Å². The molecule has 2 unspecified atom stereocenters. The summed E-state index contributed by atoms with van der Waals surface area (Å²) in [5, 5.41) is 11.2. The highest BCUT2D eigenvalue weighted by Gasteiger charge is 2.32. The van der Waals surface area contributed by atoms with Crippen molar-refractivity contribution in [2.45, 2.75) is 38.1 Å². The Morgan fingerprint density at radius 2 is 2.33 bits per heavy atom. The average molecular weight is 248 g/mol. The first-order valence-corrected chi connectivity index (χ1v) is 6.41. The fraction of sp³-hybridized carbons (Fsp3) is 0.636. The quantitative estimate of drug-likeness (QED) is 0.841.